The highest BCUT2D eigenvalue weighted by Gasteiger charge is 2.30. The molecule has 0 atom stereocenters. The molecular weight excluding hydrogens is 403 g/mol. The molecule has 0 saturated heterocycles. The summed E-state index contributed by atoms with van der Waals surface area (Å²) in [6, 6.07) is 21.9. The quantitative estimate of drug-likeness (QED) is 0.305. The molecule has 0 amide bonds. The summed E-state index contributed by atoms with van der Waals surface area (Å²) in [4.78, 5) is 5.12. The summed E-state index contributed by atoms with van der Waals surface area (Å²) in [7, 11) is 0. The van der Waals surface area contributed by atoms with Crippen LogP contribution in [0.25, 0.3) is 0 Å². The van der Waals surface area contributed by atoms with Gasteiger partial charge >= 0.3 is 6.18 Å². The SMILES string of the molecule is FC(F)(F)c1cccc(SC=CC(=Nc2ccccc2)c2ccccc2Cl)c1. The van der Waals surface area contributed by atoms with Gasteiger partial charge in [0.15, 0.2) is 0 Å². The van der Waals surface area contributed by atoms with Crippen LogP contribution in [0.4, 0.5) is 18.9 Å². The van der Waals surface area contributed by atoms with E-state index in [1.807, 2.05) is 48.5 Å². The van der Waals surface area contributed by atoms with Gasteiger partial charge in [-0.05, 0) is 47.9 Å². The molecule has 3 aromatic carbocycles. The van der Waals surface area contributed by atoms with Crippen molar-refractivity contribution in [3.05, 3.63) is 106 Å². The minimum Gasteiger partial charge on any atom is -0.248 e. The van der Waals surface area contributed by atoms with E-state index in [4.69, 9.17) is 11.6 Å². The first-order chi connectivity index (χ1) is 13.4. The van der Waals surface area contributed by atoms with Crippen molar-refractivity contribution in [3.63, 3.8) is 0 Å². The Morgan fingerprint density at radius 1 is 0.893 bits per heavy atom. The fourth-order valence-electron chi connectivity index (χ4n) is 2.42. The van der Waals surface area contributed by atoms with Crippen LogP contribution in [-0.2, 0) is 6.18 Å². The third-order valence-corrected chi connectivity index (χ3v) is 4.87. The van der Waals surface area contributed by atoms with Crippen molar-refractivity contribution in [3.8, 4) is 0 Å². The monoisotopic (exact) mass is 417 g/mol. The molecule has 0 saturated carbocycles. The van der Waals surface area contributed by atoms with Gasteiger partial charge < -0.3 is 0 Å². The average molecular weight is 418 g/mol. The number of alkyl halides is 3. The second kappa shape index (κ2) is 9.13. The molecule has 0 unspecified atom stereocenters. The molecule has 3 rings (SSSR count). The summed E-state index contributed by atoms with van der Waals surface area (Å²) < 4.78 is 38.6. The maximum atomic E-state index is 12.9. The van der Waals surface area contributed by atoms with E-state index in [2.05, 4.69) is 4.99 Å². The number of allylic oxidation sites excluding steroid dienone is 1. The zero-order valence-electron chi connectivity index (χ0n) is 14.5. The van der Waals surface area contributed by atoms with E-state index in [0.29, 0.717) is 15.6 Å². The van der Waals surface area contributed by atoms with Gasteiger partial charge in [0.25, 0.3) is 0 Å². The fraction of sp³-hybridized carbons (Fsp3) is 0.0455. The second-order valence-electron chi connectivity index (χ2n) is 5.76. The Kier molecular flexibility index (Phi) is 6.60. The molecule has 0 N–H and O–H groups in total. The first-order valence-corrected chi connectivity index (χ1v) is 9.58. The van der Waals surface area contributed by atoms with Crippen molar-refractivity contribution in [2.24, 2.45) is 4.99 Å². The number of thioether (sulfide) groups is 1. The Balaban J connectivity index is 1.88. The standard InChI is InChI=1S/C22H15ClF3NS/c23-20-12-5-4-11-19(20)21(27-17-8-2-1-3-9-17)13-14-28-18-10-6-7-16(15-18)22(24,25)26/h1-15H. The van der Waals surface area contributed by atoms with Crippen molar-refractivity contribution in [2.45, 2.75) is 11.1 Å². The maximum Gasteiger partial charge on any atom is 0.416 e. The largest absolute Gasteiger partial charge is 0.416 e. The Labute approximate surface area is 170 Å². The Morgan fingerprint density at radius 2 is 1.61 bits per heavy atom. The fourth-order valence-corrected chi connectivity index (χ4v) is 3.36. The molecule has 0 radical (unpaired) electrons. The van der Waals surface area contributed by atoms with E-state index in [1.54, 1.807) is 23.6 Å². The Bertz CT molecular complexity index is 998. The molecule has 0 heterocycles. The average Bonchev–Trinajstić information content (AvgIpc) is 2.68. The van der Waals surface area contributed by atoms with Gasteiger partial charge in [-0.3, -0.25) is 0 Å². The predicted molar refractivity (Wildman–Crippen MR) is 111 cm³/mol. The molecule has 0 fully saturated rings. The minimum absolute atomic E-state index is 0.490. The van der Waals surface area contributed by atoms with E-state index >= 15 is 0 Å². The molecule has 6 heteroatoms. The van der Waals surface area contributed by atoms with Crippen LogP contribution in [0.3, 0.4) is 0 Å². The van der Waals surface area contributed by atoms with Crippen LogP contribution in [0.2, 0.25) is 5.02 Å². The van der Waals surface area contributed by atoms with E-state index in [-0.39, 0.29) is 0 Å². The molecule has 0 spiro atoms. The highest BCUT2D eigenvalue weighted by atomic mass is 35.5. The first-order valence-electron chi connectivity index (χ1n) is 8.32. The van der Waals surface area contributed by atoms with E-state index in [9.17, 15) is 13.2 Å². The molecule has 0 aromatic heterocycles. The number of para-hydroxylation sites is 1. The van der Waals surface area contributed by atoms with E-state index in [0.717, 1.165) is 23.4 Å². The second-order valence-corrected chi connectivity index (χ2v) is 7.15. The number of rotatable bonds is 5. The lowest BCUT2D eigenvalue weighted by Crippen LogP contribution is -2.04. The molecule has 0 aliphatic rings. The summed E-state index contributed by atoms with van der Waals surface area (Å²) in [5, 5.41) is 2.26. The Hall–Kier alpha value is -2.50. The number of halogens is 4. The van der Waals surface area contributed by atoms with Gasteiger partial charge in [0, 0.05) is 15.5 Å². The molecule has 0 bridgehead atoms. The van der Waals surface area contributed by atoms with Crippen molar-refractivity contribution in [1.29, 1.82) is 0 Å². The highest BCUT2D eigenvalue weighted by Crippen LogP contribution is 2.32. The third kappa shape index (κ3) is 5.50. The number of aliphatic imine (C=N–C) groups is 1. The molecular formula is C22H15ClF3NS. The number of hydrogen-bond donors (Lipinski definition) is 0. The molecule has 1 nitrogen and oxygen atoms in total. The van der Waals surface area contributed by atoms with Crippen molar-refractivity contribution in [1.82, 2.24) is 0 Å². The number of hydrogen-bond acceptors (Lipinski definition) is 2. The summed E-state index contributed by atoms with van der Waals surface area (Å²) in [6.45, 7) is 0. The van der Waals surface area contributed by atoms with Crippen LogP contribution in [0, 0.1) is 0 Å². The van der Waals surface area contributed by atoms with Gasteiger partial charge in [-0.1, -0.05) is 65.8 Å². The Morgan fingerprint density at radius 3 is 2.32 bits per heavy atom. The first kappa shape index (κ1) is 20.2. The van der Waals surface area contributed by atoms with Crippen LogP contribution < -0.4 is 0 Å². The normalized spacial score (nSPS) is 12.5. The lowest BCUT2D eigenvalue weighted by atomic mass is 10.1. The lowest BCUT2D eigenvalue weighted by molar-refractivity contribution is -0.137. The van der Waals surface area contributed by atoms with E-state index in [1.165, 1.54) is 17.8 Å². The topological polar surface area (TPSA) is 12.4 Å². The summed E-state index contributed by atoms with van der Waals surface area (Å²) in [6.07, 6.45) is -2.61. The van der Waals surface area contributed by atoms with Crippen LogP contribution in [-0.4, -0.2) is 5.71 Å². The summed E-state index contributed by atoms with van der Waals surface area (Å²) in [5.41, 5.74) is 1.45. The van der Waals surface area contributed by atoms with Crippen molar-refractivity contribution in [2.75, 3.05) is 0 Å². The zero-order valence-corrected chi connectivity index (χ0v) is 16.1. The number of benzene rings is 3. The summed E-state index contributed by atoms with van der Waals surface area (Å²) in [5.74, 6) is 0. The predicted octanol–water partition coefficient (Wildman–Crippen LogP) is 7.79. The molecule has 142 valence electrons. The van der Waals surface area contributed by atoms with Gasteiger partial charge in [0.1, 0.15) is 0 Å². The van der Waals surface area contributed by atoms with Crippen LogP contribution in [0.5, 0.6) is 0 Å². The van der Waals surface area contributed by atoms with Crippen LogP contribution in [0.15, 0.2) is 100 Å². The van der Waals surface area contributed by atoms with Gasteiger partial charge in [-0.25, -0.2) is 4.99 Å². The van der Waals surface area contributed by atoms with Crippen LogP contribution >= 0.6 is 23.4 Å². The molecule has 28 heavy (non-hydrogen) atoms. The van der Waals surface area contributed by atoms with Crippen molar-refractivity contribution < 1.29 is 13.2 Å². The van der Waals surface area contributed by atoms with Gasteiger partial charge in [-0.15, -0.1) is 0 Å². The van der Waals surface area contributed by atoms with Gasteiger partial charge in [0.2, 0.25) is 0 Å². The zero-order chi connectivity index (χ0) is 20.0. The van der Waals surface area contributed by atoms with Gasteiger partial charge in [-0.2, -0.15) is 13.2 Å². The molecule has 3 aromatic rings. The molecule has 0 aliphatic heterocycles. The minimum atomic E-state index is -4.36. The van der Waals surface area contributed by atoms with E-state index < -0.39 is 11.7 Å². The highest BCUT2D eigenvalue weighted by molar-refractivity contribution is 8.02. The van der Waals surface area contributed by atoms with Crippen molar-refractivity contribution >= 4 is 34.8 Å². The smallest absolute Gasteiger partial charge is 0.248 e. The molecule has 0 aliphatic carbocycles. The third-order valence-electron chi connectivity index (χ3n) is 3.75. The van der Waals surface area contributed by atoms with Crippen LogP contribution in [0.1, 0.15) is 11.1 Å². The maximum absolute atomic E-state index is 12.9. The lowest BCUT2D eigenvalue weighted by Gasteiger charge is -2.07. The number of nitrogens with zero attached hydrogens (tertiary/aromatic N) is 1. The van der Waals surface area contributed by atoms with Gasteiger partial charge in [0.05, 0.1) is 17.0 Å². The summed E-state index contributed by atoms with van der Waals surface area (Å²) >= 11 is 7.49.